The first-order valence-corrected chi connectivity index (χ1v) is 10.1. The molecule has 3 rings (SSSR count). The van der Waals surface area contributed by atoms with Gasteiger partial charge in [-0.3, -0.25) is 9.59 Å². The summed E-state index contributed by atoms with van der Waals surface area (Å²) in [6.07, 6.45) is 0.866. The van der Waals surface area contributed by atoms with Gasteiger partial charge in [-0.25, -0.2) is 4.98 Å². The van der Waals surface area contributed by atoms with Crippen LogP contribution in [0.15, 0.2) is 53.6 Å². The third-order valence-electron chi connectivity index (χ3n) is 4.22. The van der Waals surface area contributed by atoms with E-state index in [2.05, 4.69) is 41.8 Å². The summed E-state index contributed by atoms with van der Waals surface area (Å²) in [6.45, 7) is 5.60. The summed E-state index contributed by atoms with van der Waals surface area (Å²) in [5.41, 5.74) is 4.66. The minimum Gasteiger partial charge on any atom is -0.326 e. The molecule has 0 atom stereocenters. The maximum atomic E-state index is 12.3. The second kappa shape index (κ2) is 8.89. The fourth-order valence-corrected chi connectivity index (χ4v) is 3.74. The predicted octanol–water partition coefficient (Wildman–Crippen LogP) is 4.79. The van der Waals surface area contributed by atoms with E-state index in [1.165, 1.54) is 24.2 Å². The number of nitrogens with zero attached hydrogens (tertiary/aromatic N) is 1. The molecule has 3 aromatic rings. The van der Waals surface area contributed by atoms with Gasteiger partial charge in [0.2, 0.25) is 11.8 Å². The number of hydrogen-bond acceptors (Lipinski definition) is 4. The molecule has 0 bridgehead atoms. The molecule has 0 aliphatic heterocycles. The predicted molar refractivity (Wildman–Crippen MR) is 116 cm³/mol. The Bertz CT molecular complexity index is 1020. The van der Waals surface area contributed by atoms with Crippen molar-refractivity contribution in [2.24, 2.45) is 0 Å². The van der Waals surface area contributed by atoms with E-state index in [4.69, 9.17) is 4.98 Å². The Hall–Kier alpha value is -2.86. The van der Waals surface area contributed by atoms with Gasteiger partial charge in [0.1, 0.15) is 5.03 Å². The summed E-state index contributed by atoms with van der Waals surface area (Å²) < 4.78 is 0. The van der Waals surface area contributed by atoms with E-state index in [1.807, 2.05) is 6.92 Å². The first-order chi connectivity index (χ1) is 13.4. The first kappa shape index (κ1) is 19.9. The lowest BCUT2D eigenvalue weighted by Crippen LogP contribution is -2.14. The number of amides is 2. The Balaban J connectivity index is 1.66. The van der Waals surface area contributed by atoms with Gasteiger partial charge in [0.05, 0.1) is 11.3 Å². The van der Waals surface area contributed by atoms with Crippen molar-refractivity contribution in [3.8, 4) is 0 Å². The lowest BCUT2D eigenvalue weighted by atomic mass is 10.1. The average Bonchev–Trinajstić information content (AvgIpc) is 2.66. The van der Waals surface area contributed by atoms with Crippen LogP contribution in [-0.4, -0.2) is 22.6 Å². The Morgan fingerprint density at radius 3 is 2.32 bits per heavy atom. The Labute approximate surface area is 168 Å². The van der Waals surface area contributed by atoms with Crippen molar-refractivity contribution in [1.82, 2.24) is 4.98 Å². The van der Waals surface area contributed by atoms with Crippen molar-refractivity contribution in [3.63, 3.8) is 0 Å². The van der Waals surface area contributed by atoms with Gasteiger partial charge in [-0.15, -0.1) is 0 Å². The van der Waals surface area contributed by atoms with Gasteiger partial charge in [-0.2, -0.15) is 0 Å². The molecule has 6 heteroatoms. The van der Waals surface area contributed by atoms with E-state index in [0.717, 1.165) is 27.9 Å². The zero-order chi connectivity index (χ0) is 20.1. The number of fused-ring (bicyclic) bond motifs is 1. The molecule has 144 valence electrons. The molecule has 2 aromatic carbocycles. The average molecular weight is 394 g/mol. The van der Waals surface area contributed by atoms with E-state index >= 15 is 0 Å². The van der Waals surface area contributed by atoms with E-state index < -0.39 is 0 Å². The van der Waals surface area contributed by atoms with Crippen LogP contribution in [0.25, 0.3) is 10.9 Å². The highest BCUT2D eigenvalue weighted by molar-refractivity contribution is 8.00. The van der Waals surface area contributed by atoms with Gasteiger partial charge in [0.25, 0.3) is 0 Å². The minimum absolute atomic E-state index is 0.0922. The molecule has 0 saturated carbocycles. The zero-order valence-corrected chi connectivity index (χ0v) is 17.0. The number of carbonyl (C=O) groups is 2. The largest absolute Gasteiger partial charge is 0.326 e. The van der Waals surface area contributed by atoms with Crippen LogP contribution in [0.1, 0.15) is 25.0 Å². The van der Waals surface area contributed by atoms with Crippen LogP contribution < -0.4 is 10.6 Å². The number of anilines is 2. The van der Waals surface area contributed by atoms with Crippen molar-refractivity contribution in [2.75, 3.05) is 16.4 Å². The number of nitrogens with one attached hydrogen (secondary N) is 2. The highest BCUT2D eigenvalue weighted by atomic mass is 32.2. The molecule has 0 fully saturated rings. The maximum Gasteiger partial charge on any atom is 0.234 e. The highest BCUT2D eigenvalue weighted by Gasteiger charge is 2.10. The van der Waals surface area contributed by atoms with Crippen LogP contribution in [-0.2, 0) is 16.0 Å². The van der Waals surface area contributed by atoms with Crippen LogP contribution >= 0.6 is 11.8 Å². The molecule has 0 unspecified atom stereocenters. The molecular formula is C22H23N3O2S. The van der Waals surface area contributed by atoms with E-state index in [-0.39, 0.29) is 17.6 Å². The van der Waals surface area contributed by atoms with Crippen LogP contribution in [0.3, 0.4) is 0 Å². The summed E-state index contributed by atoms with van der Waals surface area (Å²) in [6, 6.07) is 15.4. The zero-order valence-electron chi connectivity index (χ0n) is 16.2. The van der Waals surface area contributed by atoms with Crippen molar-refractivity contribution >= 4 is 45.9 Å². The minimum atomic E-state index is -0.127. The third-order valence-corrected chi connectivity index (χ3v) is 5.26. The summed E-state index contributed by atoms with van der Waals surface area (Å²) in [4.78, 5) is 28.2. The Morgan fingerprint density at radius 2 is 1.68 bits per heavy atom. The van der Waals surface area contributed by atoms with Crippen molar-refractivity contribution in [1.29, 1.82) is 0 Å². The standard InChI is InChI=1S/C22H23N3O2S/c1-4-16-12-17-6-5-14(2)11-20(17)25-22(16)28-13-21(27)24-19-9-7-18(8-10-19)23-15(3)26/h5-12H,4,13H2,1-3H3,(H,23,26)(H,24,27). The smallest absolute Gasteiger partial charge is 0.234 e. The second-order valence-electron chi connectivity index (χ2n) is 6.60. The lowest BCUT2D eigenvalue weighted by Gasteiger charge is -2.10. The summed E-state index contributed by atoms with van der Waals surface area (Å²) in [5.74, 6) is 0.0635. The topological polar surface area (TPSA) is 71.1 Å². The van der Waals surface area contributed by atoms with Gasteiger partial charge >= 0.3 is 0 Å². The van der Waals surface area contributed by atoms with Crippen molar-refractivity contribution in [3.05, 3.63) is 59.7 Å². The number of aromatic nitrogens is 1. The molecule has 0 spiro atoms. The van der Waals surface area contributed by atoms with Crippen LogP contribution in [0.2, 0.25) is 0 Å². The number of thioether (sulfide) groups is 1. The van der Waals surface area contributed by atoms with Crippen LogP contribution in [0.4, 0.5) is 11.4 Å². The molecule has 5 nitrogen and oxygen atoms in total. The van der Waals surface area contributed by atoms with Crippen LogP contribution in [0.5, 0.6) is 0 Å². The first-order valence-electron chi connectivity index (χ1n) is 9.15. The van der Waals surface area contributed by atoms with E-state index in [9.17, 15) is 9.59 Å². The molecule has 0 saturated heterocycles. The fourth-order valence-electron chi connectivity index (χ4n) is 2.85. The molecule has 2 N–H and O–H groups in total. The van der Waals surface area contributed by atoms with Gasteiger partial charge in [-0.05, 0) is 60.9 Å². The third kappa shape index (κ3) is 5.10. The molecule has 0 radical (unpaired) electrons. The summed E-state index contributed by atoms with van der Waals surface area (Å²) in [7, 11) is 0. The Kier molecular flexibility index (Phi) is 6.31. The molecule has 0 aliphatic carbocycles. The number of aryl methyl sites for hydroxylation is 2. The number of hydrogen-bond donors (Lipinski definition) is 2. The maximum absolute atomic E-state index is 12.3. The summed E-state index contributed by atoms with van der Waals surface area (Å²) >= 11 is 1.45. The second-order valence-corrected chi connectivity index (χ2v) is 7.56. The molecule has 1 aromatic heterocycles. The molecular weight excluding hydrogens is 370 g/mol. The lowest BCUT2D eigenvalue weighted by molar-refractivity contribution is -0.114. The van der Waals surface area contributed by atoms with Gasteiger partial charge in [-0.1, -0.05) is 30.8 Å². The highest BCUT2D eigenvalue weighted by Crippen LogP contribution is 2.26. The monoisotopic (exact) mass is 393 g/mol. The molecule has 0 aliphatic rings. The van der Waals surface area contributed by atoms with E-state index in [1.54, 1.807) is 24.3 Å². The van der Waals surface area contributed by atoms with Gasteiger partial charge in [0, 0.05) is 23.7 Å². The quantitative estimate of drug-likeness (QED) is 0.591. The molecule has 28 heavy (non-hydrogen) atoms. The fraction of sp³-hybridized carbons (Fsp3) is 0.227. The number of carbonyl (C=O) groups excluding carboxylic acids is 2. The Morgan fingerprint density at radius 1 is 1.00 bits per heavy atom. The van der Waals surface area contributed by atoms with Crippen LogP contribution in [0, 0.1) is 6.92 Å². The number of pyridine rings is 1. The number of benzene rings is 2. The van der Waals surface area contributed by atoms with E-state index in [0.29, 0.717) is 11.4 Å². The van der Waals surface area contributed by atoms with Crippen molar-refractivity contribution < 1.29 is 9.59 Å². The number of rotatable bonds is 6. The SMILES string of the molecule is CCc1cc2ccc(C)cc2nc1SCC(=O)Nc1ccc(NC(C)=O)cc1. The normalized spacial score (nSPS) is 10.7. The summed E-state index contributed by atoms with van der Waals surface area (Å²) in [5, 5.41) is 7.60. The molecule has 2 amide bonds. The van der Waals surface area contributed by atoms with Gasteiger partial charge < -0.3 is 10.6 Å². The van der Waals surface area contributed by atoms with Gasteiger partial charge in [0.15, 0.2) is 0 Å². The molecule has 1 heterocycles. The van der Waals surface area contributed by atoms with Crippen molar-refractivity contribution in [2.45, 2.75) is 32.2 Å².